The van der Waals surface area contributed by atoms with E-state index in [0.717, 1.165) is 0 Å². The molecule has 8 heteroatoms. The van der Waals surface area contributed by atoms with Crippen molar-refractivity contribution in [2.24, 2.45) is 5.92 Å². The normalized spacial score (nSPS) is 16.6. The number of para-hydroxylation sites is 1. The topological polar surface area (TPSA) is 92.5 Å². The maximum Gasteiger partial charge on any atom is 0.271 e. The maximum absolute atomic E-state index is 12.6. The Labute approximate surface area is 154 Å². The molecule has 0 aliphatic carbocycles. The molecular formula is C18H16ClN3O4. The van der Waals surface area contributed by atoms with Gasteiger partial charge in [-0.2, -0.15) is 0 Å². The Morgan fingerprint density at radius 2 is 2.04 bits per heavy atom. The van der Waals surface area contributed by atoms with E-state index in [1.165, 1.54) is 17.0 Å². The number of nitrogens with one attached hydrogen (secondary N) is 1. The summed E-state index contributed by atoms with van der Waals surface area (Å²) in [7, 11) is 0. The second-order valence-electron chi connectivity index (χ2n) is 6.10. The van der Waals surface area contributed by atoms with Crippen LogP contribution in [0.5, 0.6) is 0 Å². The number of nitro benzene ring substituents is 1. The van der Waals surface area contributed by atoms with Crippen molar-refractivity contribution >= 4 is 40.5 Å². The van der Waals surface area contributed by atoms with Crippen molar-refractivity contribution in [1.82, 2.24) is 0 Å². The van der Waals surface area contributed by atoms with Crippen LogP contribution in [0.3, 0.4) is 0 Å². The van der Waals surface area contributed by atoms with Gasteiger partial charge in [0.25, 0.3) is 5.69 Å². The van der Waals surface area contributed by atoms with E-state index in [1.54, 1.807) is 37.3 Å². The van der Waals surface area contributed by atoms with E-state index in [-0.39, 0.29) is 30.5 Å². The quantitative estimate of drug-likeness (QED) is 0.655. The zero-order valence-electron chi connectivity index (χ0n) is 13.9. The molecule has 7 nitrogen and oxygen atoms in total. The van der Waals surface area contributed by atoms with E-state index < -0.39 is 10.8 Å². The van der Waals surface area contributed by atoms with E-state index in [2.05, 4.69) is 5.32 Å². The highest BCUT2D eigenvalue weighted by molar-refractivity contribution is 6.33. The molecule has 26 heavy (non-hydrogen) atoms. The van der Waals surface area contributed by atoms with Gasteiger partial charge in [0.1, 0.15) is 0 Å². The van der Waals surface area contributed by atoms with Gasteiger partial charge in [0.15, 0.2) is 0 Å². The van der Waals surface area contributed by atoms with E-state index in [9.17, 15) is 19.7 Å². The molecule has 3 rings (SSSR count). The number of aryl methyl sites for hydroxylation is 1. The highest BCUT2D eigenvalue weighted by Crippen LogP contribution is 2.32. The molecule has 0 radical (unpaired) electrons. The molecular weight excluding hydrogens is 358 g/mol. The minimum Gasteiger partial charge on any atom is -0.325 e. The van der Waals surface area contributed by atoms with Gasteiger partial charge in [-0.25, -0.2) is 0 Å². The van der Waals surface area contributed by atoms with E-state index in [4.69, 9.17) is 11.6 Å². The van der Waals surface area contributed by atoms with Crippen molar-refractivity contribution in [2.75, 3.05) is 16.8 Å². The summed E-state index contributed by atoms with van der Waals surface area (Å²) in [5.74, 6) is -1.09. The summed E-state index contributed by atoms with van der Waals surface area (Å²) < 4.78 is 0. The van der Waals surface area contributed by atoms with Crippen molar-refractivity contribution in [2.45, 2.75) is 13.3 Å². The number of benzene rings is 2. The number of non-ortho nitro benzene ring substituents is 1. The predicted octanol–water partition coefficient (Wildman–Crippen LogP) is 3.55. The van der Waals surface area contributed by atoms with Gasteiger partial charge in [0.05, 0.1) is 27.2 Å². The highest BCUT2D eigenvalue weighted by Gasteiger charge is 2.36. The number of nitro groups is 1. The zero-order chi connectivity index (χ0) is 18.8. The van der Waals surface area contributed by atoms with Crippen LogP contribution in [0.25, 0.3) is 0 Å². The third-order valence-electron chi connectivity index (χ3n) is 4.33. The van der Waals surface area contributed by atoms with Gasteiger partial charge in [-0.3, -0.25) is 19.7 Å². The molecule has 2 amide bonds. The first-order chi connectivity index (χ1) is 12.4. The molecule has 1 aliphatic heterocycles. The van der Waals surface area contributed by atoms with Crippen molar-refractivity contribution in [3.63, 3.8) is 0 Å². The Morgan fingerprint density at radius 1 is 1.31 bits per heavy atom. The molecule has 134 valence electrons. The van der Waals surface area contributed by atoms with Crippen molar-refractivity contribution in [1.29, 1.82) is 0 Å². The molecule has 1 atom stereocenters. The minimum absolute atomic E-state index is 0.0605. The first kappa shape index (κ1) is 17.9. The maximum atomic E-state index is 12.6. The molecule has 2 aromatic carbocycles. The second kappa shape index (κ2) is 7.13. The van der Waals surface area contributed by atoms with Crippen LogP contribution in [0.2, 0.25) is 5.02 Å². The lowest BCUT2D eigenvalue weighted by Gasteiger charge is -2.18. The summed E-state index contributed by atoms with van der Waals surface area (Å²) >= 11 is 6.14. The third-order valence-corrected chi connectivity index (χ3v) is 4.65. The van der Waals surface area contributed by atoms with Crippen LogP contribution in [-0.2, 0) is 9.59 Å². The second-order valence-corrected chi connectivity index (χ2v) is 6.51. The third kappa shape index (κ3) is 3.52. The van der Waals surface area contributed by atoms with Gasteiger partial charge in [0.2, 0.25) is 11.8 Å². The minimum atomic E-state index is -0.558. The fourth-order valence-electron chi connectivity index (χ4n) is 2.88. The Hall–Kier alpha value is -2.93. The van der Waals surface area contributed by atoms with E-state index in [0.29, 0.717) is 22.0 Å². The first-order valence-electron chi connectivity index (χ1n) is 7.97. The average molecular weight is 374 g/mol. The molecule has 1 heterocycles. The number of anilines is 2. The molecule has 0 aromatic heterocycles. The van der Waals surface area contributed by atoms with Crippen molar-refractivity contribution < 1.29 is 14.5 Å². The van der Waals surface area contributed by atoms with Gasteiger partial charge in [-0.15, -0.1) is 0 Å². The largest absolute Gasteiger partial charge is 0.325 e. The number of hydrogen-bond acceptors (Lipinski definition) is 4. The number of amides is 2. The summed E-state index contributed by atoms with van der Waals surface area (Å²) in [6.07, 6.45) is 0.0605. The molecule has 1 N–H and O–H groups in total. The Morgan fingerprint density at radius 3 is 2.73 bits per heavy atom. The van der Waals surface area contributed by atoms with Crippen LogP contribution in [0, 0.1) is 23.0 Å². The Balaban J connectivity index is 1.76. The SMILES string of the molecule is Cc1ccc([N+](=O)[O-])cc1NC(=O)[C@@H]1CC(=O)N(c2ccccc2Cl)C1. The molecule has 0 saturated carbocycles. The Bertz CT molecular complexity index is 900. The van der Waals surface area contributed by atoms with Crippen molar-refractivity contribution in [3.05, 3.63) is 63.2 Å². The van der Waals surface area contributed by atoms with Gasteiger partial charge >= 0.3 is 0 Å². The van der Waals surface area contributed by atoms with Crippen LogP contribution in [0.1, 0.15) is 12.0 Å². The van der Waals surface area contributed by atoms with Crippen LogP contribution in [-0.4, -0.2) is 23.3 Å². The van der Waals surface area contributed by atoms with Gasteiger partial charge in [0, 0.05) is 25.1 Å². The fraction of sp³-hybridized carbons (Fsp3) is 0.222. The lowest BCUT2D eigenvalue weighted by molar-refractivity contribution is -0.384. The summed E-state index contributed by atoms with van der Waals surface area (Å²) in [6, 6.07) is 11.2. The summed E-state index contributed by atoms with van der Waals surface area (Å²) in [4.78, 5) is 36.7. The number of carbonyl (C=O) groups is 2. The summed E-state index contributed by atoms with van der Waals surface area (Å²) in [5, 5.41) is 14.1. The Kier molecular flexibility index (Phi) is 4.90. The van der Waals surface area contributed by atoms with Crippen LogP contribution in [0.15, 0.2) is 42.5 Å². The molecule has 1 fully saturated rings. The van der Waals surface area contributed by atoms with Crippen LogP contribution in [0.4, 0.5) is 17.1 Å². The van der Waals surface area contributed by atoms with Gasteiger partial charge in [-0.05, 0) is 24.6 Å². The number of hydrogen-bond donors (Lipinski definition) is 1. The zero-order valence-corrected chi connectivity index (χ0v) is 14.7. The molecule has 1 aliphatic rings. The highest BCUT2D eigenvalue weighted by atomic mass is 35.5. The molecule has 0 spiro atoms. The summed E-state index contributed by atoms with van der Waals surface area (Å²) in [6.45, 7) is 1.96. The lowest BCUT2D eigenvalue weighted by Crippen LogP contribution is -2.28. The van der Waals surface area contributed by atoms with E-state index >= 15 is 0 Å². The van der Waals surface area contributed by atoms with Crippen LogP contribution >= 0.6 is 11.6 Å². The average Bonchev–Trinajstić information content (AvgIpc) is 2.99. The fourth-order valence-corrected chi connectivity index (χ4v) is 3.12. The predicted molar refractivity (Wildman–Crippen MR) is 98.4 cm³/mol. The van der Waals surface area contributed by atoms with Gasteiger partial charge in [-0.1, -0.05) is 29.8 Å². The molecule has 1 saturated heterocycles. The van der Waals surface area contributed by atoms with Crippen molar-refractivity contribution in [3.8, 4) is 0 Å². The van der Waals surface area contributed by atoms with Crippen LogP contribution < -0.4 is 10.2 Å². The number of rotatable bonds is 4. The number of nitrogens with zero attached hydrogens (tertiary/aromatic N) is 2. The van der Waals surface area contributed by atoms with Gasteiger partial charge < -0.3 is 10.2 Å². The smallest absolute Gasteiger partial charge is 0.271 e. The summed E-state index contributed by atoms with van der Waals surface area (Å²) in [5.41, 5.74) is 1.54. The first-order valence-corrected chi connectivity index (χ1v) is 8.35. The standard InChI is InChI=1S/C18H16ClN3O4/c1-11-6-7-13(22(25)26)9-15(11)20-18(24)12-8-17(23)21(10-12)16-5-3-2-4-14(16)19/h2-7,9,12H,8,10H2,1H3,(H,20,24)/t12-/m1/s1. The molecule has 0 unspecified atom stereocenters. The number of carbonyl (C=O) groups excluding carboxylic acids is 2. The lowest BCUT2D eigenvalue weighted by atomic mass is 10.1. The van der Waals surface area contributed by atoms with E-state index in [1.807, 2.05) is 0 Å². The molecule has 0 bridgehead atoms. The monoisotopic (exact) mass is 373 g/mol. The number of halogens is 1. The molecule has 2 aromatic rings.